The van der Waals surface area contributed by atoms with E-state index in [1.807, 2.05) is 0 Å². The highest BCUT2D eigenvalue weighted by Crippen LogP contribution is 2.28. The summed E-state index contributed by atoms with van der Waals surface area (Å²) in [4.78, 5) is 4.32. The summed E-state index contributed by atoms with van der Waals surface area (Å²) < 4.78 is 0. The van der Waals surface area contributed by atoms with Crippen molar-refractivity contribution in [1.82, 2.24) is 15.2 Å². The summed E-state index contributed by atoms with van der Waals surface area (Å²) in [5.74, 6) is 1.09. The van der Waals surface area contributed by atoms with Crippen LogP contribution in [0.5, 0.6) is 0 Å². The van der Waals surface area contributed by atoms with E-state index in [0.717, 1.165) is 0 Å². The molecule has 1 aromatic heterocycles. The predicted octanol–water partition coefficient (Wildman–Crippen LogP) is 3.50. The van der Waals surface area contributed by atoms with Crippen molar-refractivity contribution in [1.29, 1.82) is 0 Å². The molecule has 1 fully saturated rings. The predicted molar refractivity (Wildman–Crippen MR) is 76.2 cm³/mol. The summed E-state index contributed by atoms with van der Waals surface area (Å²) >= 11 is 12.0. The molecular weight excluding hydrogens is 285 g/mol. The first-order valence-corrected chi connectivity index (χ1v) is 6.64. The van der Waals surface area contributed by atoms with Gasteiger partial charge in [0.2, 0.25) is 5.95 Å². The van der Waals surface area contributed by atoms with E-state index in [4.69, 9.17) is 23.2 Å². The topological polar surface area (TPSA) is 62.7 Å². The van der Waals surface area contributed by atoms with Gasteiger partial charge in [0.05, 0.1) is 16.9 Å². The Hall–Kier alpha value is -1.59. The SMILES string of the molecule is Clc1ccc(Cl)c(Nc2nncc(NC3CC3)n2)c1. The minimum Gasteiger partial charge on any atom is -0.366 e. The fourth-order valence-electron chi connectivity index (χ4n) is 1.58. The fraction of sp³-hybridized carbons (Fsp3) is 0.250. The van der Waals surface area contributed by atoms with E-state index in [1.165, 1.54) is 12.8 Å². The molecule has 0 spiro atoms. The summed E-state index contributed by atoms with van der Waals surface area (Å²) in [5.41, 5.74) is 0.652. The Kier molecular flexibility index (Phi) is 3.40. The van der Waals surface area contributed by atoms with Gasteiger partial charge in [-0.1, -0.05) is 23.2 Å². The first-order valence-electron chi connectivity index (χ1n) is 5.89. The van der Waals surface area contributed by atoms with Crippen molar-refractivity contribution in [2.75, 3.05) is 10.6 Å². The second-order valence-corrected chi connectivity index (χ2v) is 5.18. The van der Waals surface area contributed by atoms with Gasteiger partial charge < -0.3 is 10.6 Å². The second kappa shape index (κ2) is 5.19. The van der Waals surface area contributed by atoms with E-state index in [-0.39, 0.29) is 0 Å². The Morgan fingerprint density at radius 1 is 1.21 bits per heavy atom. The van der Waals surface area contributed by atoms with Gasteiger partial charge in [-0.25, -0.2) is 0 Å². The van der Waals surface area contributed by atoms with Crippen molar-refractivity contribution >= 4 is 40.7 Å². The van der Waals surface area contributed by atoms with Crippen LogP contribution in [0.3, 0.4) is 0 Å². The zero-order valence-electron chi connectivity index (χ0n) is 9.90. The molecule has 1 saturated carbocycles. The Bertz CT molecular complexity index is 600. The third-order valence-electron chi connectivity index (χ3n) is 2.66. The maximum atomic E-state index is 6.07. The Morgan fingerprint density at radius 2 is 2.05 bits per heavy atom. The lowest BCUT2D eigenvalue weighted by atomic mass is 10.3. The van der Waals surface area contributed by atoms with E-state index >= 15 is 0 Å². The molecule has 1 aliphatic rings. The minimum absolute atomic E-state index is 0.384. The van der Waals surface area contributed by atoms with Crippen LogP contribution in [0.1, 0.15) is 12.8 Å². The Morgan fingerprint density at radius 3 is 2.84 bits per heavy atom. The molecule has 98 valence electrons. The van der Waals surface area contributed by atoms with Gasteiger partial charge in [0.1, 0.15) is 0 Å². The number of nitrogens with one attached hydrogen (secondary N) is 2. The lowest BCUT2D eigenvalue weighted by Gasteiger charge is -2.08. The van der Waals surface area contributed by atoms with Gasteiger partial charge in [-0.15, -0.1) is 5.10 Å². The van der Waals surface area contributed by atoms with Crippen LogP contribution in [-0.2, 0) is 0 Å². The van der Waals surface area contributed by atoms with Crippen molar-refractivity contribution in [3.8, 4) is 0 Å². The van der Waals surface area contributed by atoms with E-state index in [1.54, 1.807) is 24.4 Å². The van der Waals surface area contributed by atoms with Crippen molar-refractivity contribution in [3.63, 3.8) is 0 Å². The minimum atomic E-state index is 0.384. The van der Waals surface area contributed by atoms with E-state index < -0.39 is 0 Å². The highest BCUT2D eigenvalue weighted by molar-refractivity contribution is 6.35. The van der Waals surface area contributed by atoms with Gasteiger partial charge >= 0.3 is 0 Å². The van der Waals surface area contributed by atoms with Gasteiger partial charge in [0.15, 0.2) is 5.82 Å². The maximum absolute atomic E-state index is 6.07. The van der Waals surface area contributed by atoms with E-state index in [0.29, 0.717) is 33.5 Å². The molecule has 5 nitrogen and oxygen atoms in total. The molecule has 19 heavy (non-hydrogen) atoms. The van der Waals surface area contributed by atoms with Gasteiger partial charge in [0, 0.05) is 11.1 Å². The largest absolute Gasteiger partial charge is 0.366 e. The second-order valence-electron chi connectivity index (χ2n) is 4.33. The van der Waals surface area contributed by atoms with Crippen molar-refractivity contribution in [3.05, 3.63) is 34.4 Å². The summed E-state index contributed by atoms with van der Waals surface area (Å²) in [6.45, 7) is 0. The molecule has 1 aliphatic carbocycles. The van der Waals surface area contributed by atoms with Gasteiger partial charge in [0.25, 0.3) is 0 Å². The van der Waals surface area contributed by atoms with Crippen LogP contribution in [0.2, 0.25) is 10.0 Å². The maximum Gasteiger partial charge on any atom is 0.249 e. The summed E-state index contributed by atoms with van der Waals surface area (Å²) in [6.07, 6.45) is 3.95. The molecular formula is C12H11Cl2N5. The smallest absolute Gasteiger partial charge is 0.249 e. The number of aromatic nitrogens is 3. The van der Waals surface area contributed by atoms with Gasteiger partial charge in [-0.05, 0) is 31.0 Å². The first kappa shape index (κ1) is 12.4. The molecule has 0 unspecified atom stereocenters. The number of benzene rings is 1. The quantitative estimate of drug-likeness (QED) is 0.904. The molecule has 0 bridgehead atoms. The number of anilines is 3. The Balaban J connectivity index is 1.79. The van der Waals surface area contributed by atoms with Crippen molar-refractivity contribution < 1.29 is 0 Å². The summed E-state index contributed by atoms with van der Waals surface area (Å²) in [5, 5.41) is 15.2. The third kappa shape index (κ3) is 3.24. The normalized spacial score (nSPS) is 14.2. The zero-order chi connectivity index (χ0) is 13.2. The lowest BCUT2D eigenvalue weighted by Crippen LogP contribution is -2.07. The summed E-state index contributed by atoms with van der Waals surface area (Å²) in [7, 11) is 0. The first-order chi connectivity index (χ1) is 9.20. The molecule has 7 heteroatoms. The van der Waals surface area contributed by atoms with E-state index in [9.17, 15) is 0 Å². The molecule has 0 atom stereocenters. The van der Waals surface area contributed by atoms with Crippen molar-refractivity contribution in [2.45, 2.75) is 18.9 Å². The van der Waals surface area contributed by atoms with Crippen LogP contribution in [0.15, 0.2) is 24.4 Å². The number of hydrogen-bond donors (Lipinski definition) is 2. The van der Waals surface area contributed by atoms with Crippen LogP contribution in [0.4, 0.5) is 17.5 Å². The number of hydrogen-bond acceptors (Lipinski definition) is 5. The standard InChI is InChI=1S/C12H11Cl2N5/c13-7-1-4-9(14)10(5-7)17-12-18-11(6-15-19-12)16-8-2-3-8/h1,4-6,8H,2-3H2,(H2,16,17,18,19). The molecule has 2 N–H and O–H groups in total. The molecule has 3 rings (SSSR count). The number of rotatable bonds is 4. The molecule has 0 saturated heterocycles. The van der Waals surface area contributed by atoms with Gasteiger partial charge in [-0.3, -0.25) is 0 Å². The Labute approximate surface area is 120 Å². The van der Waals surface area contributed by atoms with Crippen LogP contribution >= 0.6 is 23.2 Å². The number of halogens is 2. The van der Waals surface area contributed by atoms with Gasteiger partial charge in [-0.2, -0.15) is 10.1 Å². The average molecular weight is 296 g/mol. The molecule has 1 aromatic carbocycles. The third-order valence-corrected chi connectivity index (χ3v) is 3.23. The highest BCUT2D eigenvalue weighted by atomic mass is 35.5. The molecule has 0 radical (unpaired) electrons. The van der Waals surface area contributed by atoms with Crippen LogP contribution in [0.25, 0.3) is 0 Å². The van der Waals surface area contributed by atoms with Crippen LogP contribution in [0, 0.1) is 0 Å². The van der Waals surface area contributed by atoms with Crippen LogP contribution in [-0.4, -0.2) is 21.2 Å². The number of nitrogens with zero attached hydrogens (tertiary/aromatic N) is 3. The summed E-state index contributed by atoms with van der Waals surface area (Å²) in [6, 6.07) is 5.67. The zero-order valence-corrected chi connectivity index (χ0v) is 11.4. The van der Waals surface area contributed by atoms with Crippen molar-refractivity contribution in [2.24, 2.45) is 0 Å². The molecule has 0 amide bonds. The molecule has 1 heterocycles. The lowest BCUT2D eigenvalue weighted by molar-refractivity contribution is 0.965. The van der Waals surface area contributed by atoms with E-state index in [2.05, 4.69) is 25.8 Å². The van der Waals surface area contributed by atoms with Crippen LogP contribution < -0.4 is 10.6 Å². The monoisotopic (exact) mass is 295 g/mol. The molecule has 0 aliphatic heterocycles. The molecule has 2 aromatic rings. The fourth-order valence-corrected chi connectivity index (χ4v) is 1.91. The highest BCUT2D eigenvalue weighted by Gasteiger charge is 2.21. The average Bonchev–Trinajstić information content (AvgIpc) is 3.18.